The highest BCUT2D eigenvalue weighted by Gasteiger charge is 2.35. The second-order valence-corrected chi connectivity index (χ2v) is 8.81. The van der Waals surface area contributed by atoms with Crippen LogP contribution in [0.3, 0.4) is 0 Å². The first-order valence-corrected chi connectivity index (χ1v) is 10.6. The van der Waals surface area contributed by atoms with E-state index >= 15 is 0 Å². The van der Waals surface area contributed by atoms with Gasteiger partial charge in [-0.05, 0) is 30.3 Å². The maximum Gasteiger partial charge on any atom is 0.418 e. The van der Waals surface area contributed by atoms with Crippen LogP contribution in [0.15, 0.2) is 49.3 Å². The van der Waals surface area contributed by atoms with Crippen molar-refractivity contribution in [1.82, 2.24) is 9.55 Å². The molecule has 1 unspecified atom stereocenters. The van der Waals surface area contributed by atoms with Crippen molar-refractivity contribution >= 4 is 50.3 Å². The number of carbonyl (C=O) groups excluding carboxylic acids is 1. The topological polar surface area (TPSA) is 84.0 Å². The van der Waals surface area contributed by atoms with Gasteiger partial charge in [-0.15, -0.1) is 11.8 Å². The number of hydrogen-bond acceptors (Lipinski definition) is 4. The number of aromatic nitrogens is 2. The molecule has 0 fully saturated rings. The Kier molecular flexibility index (Phi) is 5.46. The van der Waals surface area contributed by atoms with Gasteiger partial charge in [-0.1, -0.05) is 15.9 Å². The zero-order valence-corrected chi connectivity index (χ0v) is 17.8. The molecule has 1 atom stereocenters. The second-order valence-electron chi connectivity index (χ2n) is 6.83. The molecular formula is C19H12BrF4N3O3S. The summed E-state index contributed by atoms with van der Waals surface area (Å²) in [5.74, 6) is -1.64. The van der Waals surface area contributed by atoms with Crippen molar-refractivity contribution in [3.63, 3.8) is 0 Å². The lowest BCUT2D eigenvalue weighted by Crippen LogP contribution is -2.41. The van der Waals surface area contributed by atoms with E-state index in [1.807, 2.05) is 0 Å². The molecule has 2 aromatic carbocycles. The zero-order chi connectivity index (χ0) is 22.5. The van der Waals surface area contributed by atoms with E-state index < -0.39 is 46.3 Å². The third-order valence-electron chi connectivity index (χ3n) is 4.72. The van der Waals surface area contributed by atoms with Crippen molar-refractivity contribution in [1.29, 1.82) is 0 Å². The molecule has 1 aromatic heterocycles. The van der Waals surface area contributed by atoms with E-state index in [2.05, 4.69) is 26.2 Å². The molecule has 162 valence electrons. The summed E-state index contributed by atoms with van der Waals surface area (Å²) in [6.45, 7) is 0. The third kappa shape index (κ3) is 4.13. The fraction of sp³-hybridized carbons (Fsp3) is 0.211. The summed E-state index contributed by atoms with van der Waals surface area (Å²) >= 11 is 4.68. The number of hydrogen-bond donors (Lipinski definition) is 2. The first-order valence-electron chi connectivity index (χ1n) is 8.82. The Labute approximate surface area is 183 Å². The summed E-state index contributed by atoms with van der Waals surface area (Å²) in [5, 5.41) is 2.15. The number of amides is 1. The molecule has 1 amide bonds. The monoisotopic (exact) mass is 517 g/mol. The molecule has 0 radical (unpaired) electrons. The molecule has 12 heteroatoms. The first-order chi connectivity index (χ1) is 14.5. The number of thioether (sulfide) groups is 1. The van der Waals surface area contributed by atoms with Gasteiger partial charge in [0.15, 0.2) is 0 Å². The van der Waals surface area contributed by atoms with Crippen molar-refractivity contribution in [2.75, 3.05) is 11.1 Å². The maximum absolute atomic E-state index is 13.3. The summed E-state index contributed by atoms with van der Waals surface area (Å²) in [6, 6.07) is 4.56. The second kappa shape index (κ2) is 7.83. The number of halogens is 5. The van der Waals surface area contributed by atoms with E-state index in [9.17, 15) is 31.9 Å². The molecular weight excluding hydrogens is 506 g/mol. The summed E-state index contributed by atoms with van der Waals surface area (Å²) in [5.41, 5.74) is -2.79. The average Bonchev–Trinajstić information content (AvgIpc) is 2.67. The van der Waals surface area contributed by atoms with Gasteiger partial charge >= 0.3 is 17.3 Å². The van der Waals surface area contributed by atoms with Crippen molar-refractivity contribution in [3.05, 3.63) is 66.9 Å². The lowest BCUT2D eigenvalue weighted by molar-refractivity contribution is -0.137. The summed E-state index contributed by atoms with van der Waals surface area (Å²) in [7, 11) is 0. The number of nitrogens with zero attached hydrogens (tertiary/aromatic N) is 1. The minimum absolute atomic E-state index is 0.255. The van der Waals surface area contributed by atoms with Gasteiger partial charge in [0.25, 0.3) is 0 Å². The number of aromatic amines is 1. The van der Waals surface area contributed by atoms with E-state index in [1.54, 1.807) is 12.1 Å². The predicted molar refractivity (Wildman–Crippen MR) is 111 cm³/mol. The van der Waals surface area contributed by atoms with Crippen LogP contribution in [0, 0.1) is 5.82 Å². The molecule has 0 saturated carbocycles. The number of benzene rings is 2. The minimum Gasteiger partial charge on any atom is -0.325 e. The van der Waals surface area contributed by atoms with Crippen LogP contribution >= 0.6 is 27.7 Å². The van der Waals surface area contributed by atoms with E-state index in [0.717, 1.165) is 12.1 Å². The standard InChI is InChI=1S/C19H12BrF4N3O3S/c20-8-3-13-16-14(4-8)31-7-10(27(16)18(30)17(29)26-13)6-15(28)25-12-2-1-9(21)5-11(12)19(22,23)24/h1-5,10H,6-7H2,(H,25,28)(H,26,29). The van der Waals surface area contributed by atoms with Gasteiger partial charge in [-0.3, -0.25) is 19.0 Å². The molecule has 1 aliphatic heterocycles. The highest BCUT2D eigenvalue weighted by molar-refractivity contribution is 9.10. The number of alkyl halides is 3. The van der Waals surface area contributed by atoms with Gasteiger partial charge in [0.05, 0.1) is 28.3 Å². The highest BCUT2D eigenvalue weighted by atomic mass is 79.9. The van der Waals surface area contributed by atoms with Crippen LogP contribution in [-0.2, 0) is 11.0 Å². The van der Waals surface area contributed by atoms with Gasteiger partial charge in [-0.2, -0.15) is 13.2 Å². The van der Waals surface area contributed by atoms with Crippen LogP contribution in [-0.4, -0.2) is 21.2 Å². The Morgan fingerprint density at radius 1 is 1.26 bits per heavy atom. The lowest BCUT2D eigenvalue weighted by Gasteiger charge is -2.27. The Bertz CT molecular complexity index is 1340. The van der Waals surface area contributed by atoms with E-state index in [4.69, 9.17) is 0 Å². The van der Waals surface area contributed by atoms with E-state index in [-0.39, 0.29) is 12.2 Å². The Balaban J connectivity index is 1.69. The molecule has 0 aliphatic carbocycles. The quantitative estimate of drug-likeness (QED) is 0.401. The van der Waals surface area contributed by atoms with Gasteiger partial charge in [0, 0.05) is 21.5 Å². The van der Waals surface area contributed by atoms with Gasteiger partial charge < -0.3 is 10.3 Å². The van der Waals surface area contributed by atoms with Crippen molar-refractivity contribution in [3.8, 4) is 0 Å². The molecule has 3 aromatic rings. The number of H-pyrrole nitrogens is 1. The molecule has 4 rings (SSSR count). The predicted octanol–water partition coefficient (Wildman–Crippen LogP) is 4.29. The van der Waals surface area contributed by atoms with Crippen molar-refractivity contribution in [2.24, 2.45) is 0 Å². The summed E-state index contributed by atoms with van der Waals surface area (Å²) in [4.78, 5) is 40.4. The van der Waals surface area contributed by atoms with Crippen LogP contribution in [0.1, 0.15) is 18.0 Å². The highest BCUT2D eigenvalue weighted by Crippen LogP contribution is 2.39. The largest absolute Gasteiger partial charge is 0.418 e. The van der Waals surface area contributed by atoms with Crippen LogP contribution in [0.5, 0.6) is 0 Å². The molecule has 0 spiro atoms. The van der Waals surface area contributed by atoms with Gasteiger partial charge in [-0.25, -0.2) is 4.39 Å². The molecule has 2 heterocycles. The maximum atomic E-state index is 13.3. The van der Waals surface area contributed by atoms with Crippen molar-refractivity contribution in [2.45, 2.75) is 23.5 Å². The number of anilines is 1. The van der Waals surface area contributed by atoms with Gasteiger partial charge in [0.2, 0.25) is 5.91 Å². The lowest BCUT2D eigenvalue weighted by atomic mass is 10.1. The molecule has 2 N–H and O–H groups in total. The summed E-state index contributed by atoms with van der Waals surface area (Å²) in [6.07, 6.45) is -5.22. The number of rotatable bonds is 3. The third-order valence-corrected chi connectivity index (χ3v) is 6.35. The number of nitrogens with one attached hydrogen (secondary N) is 2. The molecule has 0 saturated heterocycles. The van der Waals surface area contributed by atoms with E-state index in [1.165, 1.54) is 16.3 Å². The molecule has 31 heavy (non-hydrogen) atoms. The minimum atomic E-state index is -4.87. The van der Waals surface area contributed by atoms with Crippen LogP contribution in [0.4, 0.5) is 23.2 Å². The van der Waals surface area contributed by atoms with Crippen molar-refractivity contribution < 1.29 is 22.4 Å². The van der Waals surface area contributed by atoms with Gasteiger partial charge in [0.1, 0.15) is 5.82 Å². The van der Waals surface area contributed by atoms with Crippen LogP contribution in [0.2, 0.25) is 0 Å². The van der Waals surface area contributed by atoms with Crippen LogP contribution < -0.4 is 16.4 Å². The molecule has 0 bridgehead atoms. The summed E-state index contributed by atoms with van der Waals surface area (Å²) < 4.78 is 54.7. The number of carbonyl (C=O) groups is 1. The van der Waals surface area contributed by atoms with E-state index in [0.29, 0.717) is 26.5 Å². The normalized spacial score (nSPS) is 15.8. The SMILES string of the molecule is O=C(CC1CSc2cc(Br)cc3[nH]c(=O)c(=O)n1c23)Nc1ccc(F)cc1C(F)(F)F. The zero-order valence-electron chi connectivity index (χ0n) is 15.3. The Hall–Kier alpha value is -2.60. The smallest absolute Gasteiger partial charge is 0.325 e. The Morgan fingerprint density at radius 2 is 2.00 bits per heavy atom. The average molecular weight is 518 g/mol. The fourth-order valence-electron chi connectivity index (χ4n) is 3.45. The molecule has 1 aliphatic rings. The Morgan fingerprint density at radius 3 is 2.71 bits per heavy atom. The fourth-order valence-corrected chi connectivity index (χ4v) is 5.25. The molecule has 6 nitrogen and oxygen atoms in total. The van der Waals surface area contributed by atoms with Crippen LogP contribution in [0.25, 0.3) is 11.0 Å². The first kappa shape index (κ1) is 21.6.